The largest absolute Gasteiger partial charge is 0.395 e. The lowest BCUT2D eigenvalue weighted by Gasteiger charge is -2.21. The monoisotopic (exact) mass is 170 g/mol. The predicted octanol–water partition coefficient (Wildman–Crippen LogP) is -0.171. The normalized spacial score (nSPS) is 26.6. The summed E-state index contributed by atoms with van der Waals surface area (Å²) in [5.41, 5.74) is 0. The Kier molecular flexibility index (Phi) is 4.29. The van der Waals surface area contributed by atoms with Crippen molar-refractivity contribution in [3.8, 4) is 0 Å². The quantitative estimate of drug-likeness (QED) is 0.577. The van der Waals surface area contributed by atoms with Gasteiger partial charge in [-0.05, 0) is 19.5 Å². The molecule has 0 aromatic rings. The standard InChI is InChI=1S/C9H18N2O/c1-2-5-11-6-3-4-10-9(7-11)8-12/h2,9-10,12H,1,3-8H2. The maximum atomic E-state index is 8.99. The molecular weight excluding hydrogens is 152 g/mol. The number of aliphatic hydroxyl groups is 1. The zero-order chi connectivity index (χ0) is 8.81. The zero-order valence-electron chi connectivity index (χ0n) is 7.50. The van der Waals surface area contributed by atoms with Crippen LogP contribution in [-0.2, 0) is 0 Å². The SMILES string of the molecule is C=CCN1CCCNC(CO)C1. The van der Waals surface area contributed by atoms with E-state index in [9.17, 15) is 0 Å². The molecule has 70 valence electrons. The van der Waals surface area contributed by atoms with Crippen LogP contribution in [0.5, 0.6) is 0 Å². The molecule has 1 aliphatic heterocycles. The first-order chi connectivity index (χ1) is 5.86. The molecule has 1 fully saturated rings. The highest BCUT2D eigenvalue weighted by atomic mass is 16.3. The molecule has 1 aliphatic rings. The van der Waals surface area contributed by atoms with Crippen molar-refractivity contribution in [3.05, 3.63) is 12.7 Å². The lowest BCUT2D eigenvalue weighted by Crippen LogP contribution is -2.40. The molecule has 0 aromatic heterocycles. The summed E-state index contributed by atoms with van der Waals surface area (Å²) in [7, 11) is 0. The van der Waals surface area contributed by atoms with Gasteiger partial charge in [0.25, 0.3) is 0 Å². The highest BCUT2D eigenvalue weighted by molar-refractivity contribution is 4.80. The summed E-state index contributed by atoms with van der Waals surface area (Å²) in [4.78, 5) is 2.31. The van der Waals surface area contributed by atoms with E-state index in [1.54, 1.807) is 0 Å². The van der Waals surface area contributed by atoms with Crippen LogP contribution < -0.4 is 5.32 Å². The van der Waals surface area contributed by atoms with E-state index in [0.29, 0.717) is 0 Å². The van der Waals surface area contributed by atoms with E-state index >= 15 is 0 Å². The molecule has 12 heavy (non-hydrogen) atoms. The Morgan fingerprint density at radius 2 is 2.50 bits per heavy atom. The number of nitrogens with one attached hydrogen (secondary N) is 1. The second-order valence-corrected chi connectivity index (χ2v) is 3.24. The smallest absolute Gasteiger partial charge is 0.0597 e. The maximum Gasteiger partial charge on any atom is 0.0597 e. The third kappa shape index (κ3) is 2.93. The molecule has 2 N–H and O–H groups in total. The van der Waals surface area contributed by atoms with Gasteiger partial charge in [0.2, 0.25) is 0 Å². The molecule has 1 heterocycles. The minimum Gasteiger partial charge on any atom is -0.395 e. The van der Waals surface area contributed by atoms with Crippen molar-refractivity contribution < 1.29 is 5.11 Å². The van der Waals surface area contributed by atoms with Gasteiger partial charge in [0.05, 0.1) is 6.61 Å². The molecule has 1 atom stereocenters. The molecule has 0 aromatic carbocycles. The van der Waals surface area contributed by atoms with Gasteiger partial charge in [-0.3, -0.25) is 4.90 Å². The number of hydrogen-bond acceptors (Lipinski definition) is 3. The van der Waals surface area contributed by atoms with Gasteiger partial charge in [0.15, 0.2) is 0 Å². The molecule has 0 aliphatic carbocycles. The third-order valence-corrected chi connectivity index (χ3v) is 2.17. The van der Waals surface area contributed by atoms with Crippen molar-refractivity contribution in [3.63, 3.8) is 0 Å². The summed E-state index contributed by atoms with van der Waals surface area (Å²) in [5.74, 6) is 0. The van der Waals surface area contributed by atoms with E-state index in [0.717, 1.165) is 32.6 Å². The van der Waals surface area contributed by atoms with Crippen molar-refractivity contribution in [1.29, 1.82) is 0 Å². The van der Waals surface area contributed by atoms with Gasteiger partial charge in [-0.2, -0.15) is 0 Å². The van der Waals surface area contributed by atoms with Crippen LogP contribution in [0.25, 0.3) is 0 Å². The lowest BCUT2D eigenvalue weighted by molar-refractivity contribution is 0.209. The van der Waals surface area contributed by atoms with Gasteiger partial charge < -0.3 is 10.4 Å². The Balaban J connectivity index is 2.35. The molecule has 0 saturated carbocycles. The van der Waals surface area contributed by atoms with Crippen LogP contribution in [-0.4, -0.2) is 48.8 Å². The fourth-order valence-electron chi connectivity index (χ4n) is 1.55. The Morgan fingerprint density at radius 3 is 3.17 bits per heavy atom. The predicted molar refractivity (Wildman–Crippen MR) is 50.1 cm³/mol. The first kappa shape index (κ1) is 9.71. The molecule has 1 saturated heterocycles. The van der Waals surface area contributed by atoms with Gasteiger partial charge in [-0.1, -0.05) is 6.08 Å². The highest BCUT2D eigenvalue weighted by Crippen LogP contribution is 1.99. The van der Waals surface area contributed by atoms with Crippen molar-refractivity contribution in [1.82, 2.24) is 10.2 Å². The van der Waals surface area contributed by atoms with Crippen molar-refractivity contribution >= 4 is 0 Å². The molecular formula is C9H18N2O. The van der Waals surface area contributed by atoms with Crippen LogP contribution in [0.1, 0.15) is 6.42 Å². The van der Waals surface area contributed by atoms with Crippen LogP contribution in [0.3, 0.4) is 0 Å². The summed E-state index contributed by atoms with van der Waals surface area (Å²) in [6.45, 7) is 7.92. The Bertz CT molecular complexity index is 138. The van der Waals surface area contributed by atoms with E-state index in [4.69, 9.17) is 5.11 Å². The zero-order valence-corrected chi connectivity index (χ0v) is 7.50. The number of hydrogen-bond donors (Lipinski definition) is 2. The average molecular weight is 170 g/mol. The maximum absolute atomic E-state index is 8.99. The second kappa shape index (κ2) is 5.30. The van der Waals surface area contributed by atoms with Gasteiger partial charge in [0.1, 0.15) is 0 Å². The minimum absolute atomic E-state index is 0.230. The van der Waals surface area contributed by atoms with Gasteiger partial charge in [-0.15, -0.1) is 6.58 Å². The van der Waals surface area contributed by atoms with E-state index < -0.39 is 0 Å². The summed E-state index contributed by atoms with van der Waals surface area (Å²) < 4.78 is 0. The fourth-order valence-corrected chi connectivity index (χ4v) is 1.55. The molecule has 1 rings (SSSR count). The minimum atomic E-state index is 0.230. The molecule has 1 unspecified atom stereocenters. The molecule has 3 heteroatoms. The summed E-state index contributed by atoms with van der Waals surface area (Å²) in [5, 5.41) is 12.3. The van der Waals surface area contributed by atoms with Crippen LogP contribution in [0.15, 0.2) is 12.7 Å². The molecule has 0 amide bonds. The van der Waals surface area contributed by atoms with E-state index in [1.807, 2.05) is 6.08 Å². The summed E-state index contributed by atoms with van der Waals surface area (Å²) in [6.07, 6.45) is 3.07. The van der Waals surface area contributed by atoms with Crippen LogP contribution in [0.4, 0.5) is 0 Å². The Morgan fingerprint density at radius 1 is 1.67 bits per heavy atom. The molecule has 0 radical (unpaired) electrons. The van der Waals surface area contributed by atoms with Gasteiger partial charge in [0, 0.05) is 19.1 Å². The second-order valence-electron chi connectivity index (χ2n) is 3.24. The van der Waals surface area contributed by atoms with Gasteiger partial charge >= 0.3 is 0 Å². The Hall–Kier alpha value is -0.380. The molecule has 3 nitrogen and oxygen atoms in total. The summed E-state index contributed by atoms with van der Waals surface area (Å²) in [6, 6.07) is 0.243. The van der Waals surface area contributed by atoms with Crippen molar-refractivity contribution in [2.24, 2.45) is 0 Å². The van der Waals surface area contributed by atoms with Crippen LogP contribution in [0.2, 0.25) is 0 Å². The molecule has 0 spiro atoms. The van der Waals surface area contributed by atoms with Gasteiger partial charge in [-0.25, -0.2) is 0 Å². The molecule has 0 bridgehead atoms. The van der Waals surface area contributed by atoms with E-state index in [-0.39, 0.29) is 12.6 Å². The average Bonchev–Trinajstić information content (AvgIpc) is 2.30. The van der Waals surface area contributed by atoms with E-state index in [2.05, 4.69) is 16.8 Å². The first-order valence-electron chi connectivity index (χ1n) is 4.54. The van der Waals surface area contributed by atoms with Crippen molar-refractivity contribution in [2.75, 3.05) is 32.8 Å². The summed E-state index contributed by atoms with van der Waals surface area (Å²) >= 11 is 0. The van der Waals surface area contributed by atoms with E-state index in [1.165, 1.54) is 0 Å². The van der Waals surface area contributed by atoms with Crippen LogP contribution >= 0.6 is 0 Å². The Labute approximate surface area is 74.1 Å². The third-order valence-electron chi connectivity index (χ3n) is 2.17. The first-order valence-corrected chi connectivity index (χ1v) is 4.54. The number of nitrogens with zero attached hydrogens (tertiary/aromatic N) is 1. The highest BCUT2D eigenvalue weighted by Gasteiger charge is 2.14. The lowest BCUT2D eigenvalue weighted by atomic mass is 10.3. The number of aliphatic hydroxyl groups excluding tert-OH is 1. The fraction of sp³-hybridized carbons (Fsp3) is 0.778. The topological polar surface area (TPSA) is 35.5 Å². The van der Waals surface area contributed by atoms with Crippen molar-refractivity contribution in [2.45, 2.75) is 12.5 Å². The van der Waals surface area contributed by atoms with Crippen LogP contribution in [0, 0.1) is 0 Å². The number of rotatable bonds is 3.